The number of esters is 2. The molecule has 1 aromatic heterocycles. The average molecular weight is 298 g/mol. The van der Waals surface area contributed by atoms with Gasteiger partial charge in [0.05, 0.1) is 13.2 Å². The quantitative estimate of drug-likeness (QED) is 0.546. The largest absolute Gasteiger partial charge is 0.465 e. The minimum absolute atomic E-state index is 0.263. The summed E-state index contributed by atoms with van der Waals surface area (Å²) in [6.45, 7) is 5.83. The van der Waals surface area contributed by atoms with E-state index in [1.165, 1.54) is 0 Å². The van der Waals surface area contributed by atoms with E-state index in [0.29, 0.717) is 19.3 Å². The number of hydrogen-bond acceptors (Lipinski definition) is 5. The second-order valence-corrected chi connectivity index (χ2v) is 5.49. The lowest BCUT2D eigenvalue weighted by Gasteiger charge is -2.27. The van der Waals surface area contributed by atoms with Crippen molar-refractivity contribution in [3.05, 3.63) is 22.4 Å². The summed E-state index contributed by atoms with van der Waals surface area (Å²) in [6, 6.07) is 3.96. The molecule has 0 bridgehead atoms. The van der Waals surface area contributed by atoms with Crippen LogP contribution >= 0.6 is 11.3 Å². The third-order valence-electron chi connectivity index (χ3n) is 3.31. The summed E-state index contributed by atoms with van der Waals surface area (Å²) in [5.74, 6) is -0.949. The van der Waals surface area contributed by atoms with Crippen LogP contribution in [0.2, 0.25) is 0 Å². The van der Waals surface area contributed by atoms with Crippen molar-refractivity contribution in [1.29, 1.82) is 0 Å². The molecule has 4 nitrogen and oxygen atoms in total. The van der Waals surface area contributed by atoms with Crippen molar-refractivity contribution >= 4 is 23.3 Å². The van der Waals surface area contributed by atoms with Gasteiger partial charge in [0.15, 0.2) is 5.41 Å². The summed E-state index contributed by atoms with van der Waals surface area (Å²) < 4.78 is 10.2. The van der Waals surface area contributed by atoms with Crippen LogP contribution in [0.5, 0.6) is 0 Å². The zero-order valence-corrected chi connectivity index (χ0v) is 13.1. The fraction of sp³-hybridized carbons (Fsp3) is 0.600. The van der Waals surface area contributed by atoms with Gasteiger partial charge in [-0.15, -0.1) is 11.3 Å². The Kier molecular flexibility index (Phi) is 6.71. The van der Waals surface area contributed by atoms with Gasteiger partial charge < -0.3 is 9.47 Å². The number of carbonyl (C=O) groups excluding carboxylic acids is 2. The Morgan fingerprint density at radius 2 is 1.75 bits per heavy atom. The van der Waals surface area contributed by atoms with Gasteiger partial charge in [0, 0.05) is 4.88 Å². The maximum Gasteiger partial charge on any atom is 0.323 e. The number of rotatable bonds is 8. The molecule has 5 heteroatoms. The molecule has 0 saturated heterocycles. The minimum Gasteiger partial charge on any atom is -0.465 e. The second kappa shape index (κ2) is 8.04. The summed E-state index contributed by atoms with van der Waals surface area (Å²) in [6.07, 6.45) is 1.47. The fourth-order valence-electron chi connectivity index (χ4n) is 2.08. The molecule has 0 fully saturated rings. The highest BCUT2D eigenvalue weighted by Gasteiger charge is 2.46. The van der Waals surface area contributed by atoms with E-state index < -0.39 is 17.4 Å². The molecule has 0 atom stereocenters. The van der Waals surface area contributed by atoms with E-state index in [1.54, 1.807) is 25.2 Å². The van der Waals surface area contributed by atoms with E-state index in [2.05, 4.69) is 0 Å². The maximum atomic E-state index is 12.3. The minimum atomic E-state index is -1.18. The van der Waals surface area contributed by atoms with Crippen LogP contribution in [0.15, 0.2) is 17.5 Å². The molecule has 0 amide bonds. The van der Waals surface area contributed by atoms with Gasteiger partial charge in [0.1, 0.15) is 0 Å². The molecule has 1 aromatic rings. The Morgan fingerprint density at radius 3 is 2.15 bits per heavy atom. The van der Waals surface area contributed by atoms with Gasteiger partial charge in [-0.25, -0.2) is 0 Å². The first-order valence-electron chi connectivity index (χ1n) is 6.97. The first-order chi connectivity index (χ1) is 9.60. The number of carbonyl (C=O) groups is 2. The van der Waals surface area contributed by atoms with E-state index in [1.807, 2.05) is 24.4 Å². The van der Waals surface area contributed by atoms with E-state index in [0.717, 1.165) is 4.88 Å². The van der Waals surface area contributed by atoms with Gasteiger partial charge >= 0.3 is 11.9 Å². The zero-order chi connectivity index (χ0) is 15.0. The molecule has 20 heavy (non-hydrogen) atoms. The van der Waals surface area contributed by atoms with E-state index >= 15 is 0 Å². The first-order valence-corrected chi connectivity index (χ1v) is 7.85. The molecule has 0 saturated carbocycles. The molecule has 0 aliphatic carbocycles. The van der Waals surface area contributed by atoms with Crippen LogP contribution in [-0.2, 0) is 25.5 Å². The Labute approximate surface area is 124 Å². The smallest absolute Gasteiger partial charge is 0.323 e. The number of aryl methyl sites for hydroxylation is 1. The first kappa shape index (κ1) is 16.7. The molecule has 0 unspecified atom stereocenters. The predicted molar refractivity (Wildman–Crippen MR) is 78.6 cm³/mol. The predicted octanol–water partition coefficient (Wildman–Crippen LogP) is 3.20. The second-order valence-electron chi connectivity index (χ2n) is 4.46. The molecular formula is C15H22O4S. The van der Waals surface area contributed by atoms with E-state index in [9.17, 15) is 9.59 Å². The molecule has 1 heterocycles. The van der Waals surface area contributed by atoms with Crippen molar-refractivity contribution in [3.8, 4) is 0 Å². The van der Waals surface area contributed by atoms with Crippen molar-refractivity contribution in [2.75, 3.05) is 13.2 Å². The van der Waals surface area contributed by atoms with Crippen molar-refractivity contribution in [3.63, 3.8) is 0 Å². The monoisotopic (exact) mass is 298 g/mol. The Hall–Kier alpha value is -1.36. The van der Waals surface area contributed by atoms with Crippen LogP contribution in [0, 0.1) is 5.41 Å². The van der Waals surface area contributed by atoms with Crippen LogP contribution in [0.3, 0.4) is 0 Å². The van der Waals surface area contributed by atoms with Crippen LogP contribution in [-0.4, -0.2) is 25.2 Å². The lowest BCUT2D eigenvalue weighted by Crippen LogP contribution is -2.42. The molecular weight excluding hydrogens is 276 g/mol. The summed E-state index contributed by atoms with van der Waals surface area (Å²) in [5, 5.41) is 1.98. The normalized spacial score (nSPS) is 11.2. The van der Waals surface area contributed by atoms with Gasteiger partial charge in [-0.2, -0.15) is 0 Å². The third-order valence-corrected chi connectivity index (χ3v) is 4.25. The Bertz CT molecular complexity index is 407. The van der Waals surface area contributed by atoms with Crippen LogP contribution in [0.4, 0.5) is 0 Å². The van der Waals surface area contributed by atoms with Gasteiger partial charge in [0.25, 0.3) is 0 Å². The van der Waals surface area contributed by atoms with Crippen LogP contribution in [0.25, 0.3) is 0 Å². The van der Waals surface area contributed by atoms with Crippen molar-refractivity contribution in [2.45, 2.75) is 40.0 Å². The maximum absolute atomic E-state index is 12.3. The topological polar surface area (TPSA) is 52.6 Å². The van der Waals surface area contributed by atoms with Crippen molar-refractivity contribution in [1.82, 2.24) is 0 Å². The summed E-state index contributed by atoms with van der Waals surface area (Å²) in [5.41, 5.74) is -1.18. The number of thiophene rings is 1. The molecule has 0 N–H and O–H groups in total. The third kappa shape index (κ3) is 3.82. The Morgan fingerprint density at radius 1 is 1.15 bits per heavy atom. The highest BCUT2D eigenvalue weighted by Crippen LogP contribution is 2.32. The summed E-state index contributed by atoms with van der Waals surface area (Å²) in [7, 11) is 0. The zero-order valence-electron chi connectivity index (χ0n) is 12.3. The van der Waals surface area contributed by atoms with Gasteiger partial charge in [0.2, 0.25) is 0 Å². The van der Waals surface area contributed by atoms with Crippen molar-refractivity contribution in [2.24, 2.45) is 5.41 Å². The Balaban J connectivity index is 2.90. The molecule has 0 spiro atoms. The van der Waals surface area contributed by atoms with Gasteiger partial charge in [-0.05, 0) is 44.6 Å². The molecule has 0 radical (unpaired) electrons. The lowest BCUT2D eigenvalue weighted by molar-refractivity contribution is -0.173. The van der Waals surface area contributed by atoms with E-state index in [-0.39, 0.29) is 13.2 Å². The average Bonchev–Trinajstić information content (AvgIpc) is 2.94. The number of ether oxygens (including phenoxy) is 2. The molecule has 112 valence electrons. The van der Waals surface area contributed by atoms with Gasteiger partial charge in [-0.1, -0.05) is 13.0 Å². The summed E-state index contributed by atoms with van der Waals surface area (Å²) >= 11 is 1.62. The highest BCUT2D eigenvalue weighted by molar-refractivity contribution is 7.09. The van der Waals surface area contributed by atoms with Crippen LogP contribution < -0.4 is 0 Å². The standard InChI is InChI=1S/C15H22O4S/c1-4-15(13(16)18-5-2,14(17)19-6-3)10-9-12-8-7-11-20-12/h7-8,11H,4-6,9-10H2,1-3H3. The fourth-order valence-corrected chi connectivity index (χ4v) is 2.79. The highest BCUT2D eigenvalue weighted by atomic mass is 32.1. The van der Waals surface area contributed by atoms with Gasteiger partial charge in [-0.3, -0.25) is 9.59 Å². The summed E-state index contributed by atoms with van der Waals surface area (Å²) in [4.78, 5) is 25.7. The van der Waals surface area contributed by atoms with Crippen molar-refractivity contribution < 1.29 is 19.1 Å². The number of hydrogen-bond donors (Lipinski definition) is 0. The van der Waals surface area contributed by atoms with E-state index in [4.69, 9.17) is 9.47 Å². The van der Waals surface area contributed by atoms with Crippen LogP contribution in [0.1, 0.15) is 38.5 Å². The molecule has 0 aliphatic heterocycles. The molecule has 1 rings (SSSR count). The molecule has 0 aliphatic rings. The molecule has 0 aromatic carbocycles. The lowest BCUT2D eigenvalue weighted by atomic mass is 9.80. The SMILES string of the molecule is CCOC(=O)C(CC)(CCc1cccs1)C(=O)OCC.